The fraction of sp³-hybridized carbons (Fsp3) is 0.0357. The average molecular weight is 452 g/mol. The van der Waals surface area contributed by atoms with E-state index in [-0.39, 0.29) is 16.4 Å². The van der Waals surface area contributed by atoms with Crippen LogP contribution >= 0.6 is 0 Å². The van der Waals surface area contributed by atoms with E-state index < -0.39 is 10.0 Å². The maximum atomic E-state index is 14.0. The van der Waals surface area contributed by atoms with Crippen LogP contribution in [-0.2, 0) is 10.0 Å². The van der Waals surface area contributed by atoms with E-state index in [0.717, 1.165) is 11.1 Å². The van der Waals surface area contributed by atoms with Crippen LogP contribution < -0.4 is 4.31 Å². The second-order valence-corrected chi connectivity index (χ2v) is 9.70. The number of para-hydroxylation sites is 1. The first-order valence-electron chi connectivity index (χ1n) is 10.6. The Labute approximate surface area is 193 Å². The van der Waals surface area contributed by atoms with Gasteiger partial charge in [-0.3, -0.25) is 4.79 Å². The quantitative estimate of drug-likeness (QED) is 0.354. The maximum absolute atomic E-state index is 14.0. The number of ketones is 1. The van der Waals surface area contributed by atoms with Gasteiger partial charge in [0.25, 0.3) is 10.0 Å². The zero-order chi connectivity index (χ0) is 23.0. The van der Waals surface area contributed by atoms with E-state index in [2.05, 4.69) is 0 Å². The first-order chi connectivity index (χ1) is 16.0. The molecule has 0 amide bonds. The Morgan fingerprint density at radius 1 is 0.667 bits per heavy atom. The molecule has 4 nitrogen and oxygen atoms in total. The minimum absolute atomic E-state index is 0.0826. The summed E-state index contributed by atoms with van der Waals surface area (Å²) in [7, 11) is -4.09. The third-order valence-electron chi connectivity index (χ3n) is 5.70. The van der Waals surface area contributed by atoms with Crippen LogP contribution in [0, 0.1) is 6.92 Å². The molecule has 5 rings (SSSR count). The van der Waals surface area contributed by atoms with Crippen LogP contribution in [0.5, 0.6) is 0 Å². The number of fused-ring (bicyclic) bond motifs is 3. The van der Waals surface area contributed by atoms with Crippen molar-refractivity contribution in [2.75, 3.05) is 4.31 Å². The molecule has 0 unspecified atom stereocenters. The predicted molar refractivity (Wildman–Crippen MR) is 131 cm³/mol. The minimum atomic E-state index is -4.09. The van der Waals surface area contributed by atoms with Gasteiger partial charge in [0.2, 0.25) is 5.78 Å². The van der Waals surface area contributed by atoms with Gasteiger partial charge in [-0.05, 0) is 42.3 Å². The Bertz CT molecular complexity index is 1490. The lowest BCUT2D eigenvalue weighted by atomic mass is 9.96. The van der Waals surface area contributed by atoms with Gasteiger partial charge in [-0.25, -0.2) is 12.7 Å². The van der Waals surface area contributed by atoms with Crippen molar-refractivity contribution in [3.8, 4) is 11.1 Å². The molecule has 0 atom stereocenters. The van der Waals surface area contributed by atoms with Crippen LogP contribution in [0.15, 0.2) is 114 Å². The molecule has 33 heavy (non-hydrogen) atoms. The summed E-state index contributed by atoms with van der Waals surface area (Å²) < 4.78 is 29.3. The molecule has 0 N–H and O–H groups in total. The number of carbonyl (C=O) groups is 1. The summed E-state index contributed by atoms with van der Waals surface area (Å²) in [6.07, 6.45) is 1.65. The Balaban J connectivity index is 1.85. The number of rotatable bonds is 3. The zero-order valence-electron chi connectivity index (χ0n) is 18.0. The Morgan fingerprint density at radius 3 is 1.94 bits per heavy atom. The molecule has 1 aliphatic heterocycles. The molecule has 0 radical (unpaired) electrons. The van der Waals surface area contributed by atoms with Gasteiger partial charge in [0.05, 0.1) is 10.6 Å². The maximum Gasteiger partial charge on any atom is 0.268 e. The second-order valence-electron chi connectivity index (χ2n) is 7.91. The summed E-state index contributed by atoms with van der Waals surface area (Å²) in [5, 5.41) is 0. The van der Waals surface area contributed by atoms with E-state index in [0.29, 0.717) is 22.4 Å². The number of carbonyl (C=O) groups excluding carboxylic acids is 1. The number of Topliss-reactive ketones (excluding diaryl/α,β-unsaturated/α-hetero) is 1. The van der Waals surface area contributed by atoms with Gasteiger partial charge >= 0.3 is 0 Å². The van der Waals surface area contributed by atoms with Crippen molar-refractivity contribution in [1.29, 1.82) is 0 Å². The summed E-state index contributed by atoms with van der Waals surface area (Å²) >= 11 is 0. The third kappa shape index (κ3) is 3.66. The second kappa shape index (κ2) is 8.19. The molecule has 0 bridgehead atoms. The van der Waals surface area contributed by atoms with Gasteiger partial charge in [0.15, 0.2) is 0 Å². The molecule has 0 saturated heterocycles. The summed E-state index contributed by atoms with van der Waals surface area (Å²) in [6, 6.07) is 30.4. The van der Waals surface area contributed by atoms with Crippen LogP contribution in [0.25, 0.3) is 17.2 Å². The molecule has 4 aromatic carbocycles. The van der Waals surface area contributed by atoms with Crippen molar-refractivity contribution in [2.24, 2.45) is 0 Å². The van der Waals surface area contributed by atoms with Crippen molar-refractivity contribution < 1.29 is 13.2 Å². The lowest BCUT2D eigenvalue weighted by Crippen LogP contribution is -2.33. The van der Waals surface area contributed by atoms with E-state index in [1.807, 2.05) is 61.5 Å². The van der Waals surface area contributed by atoms with Crippen molar-refractivity contribution in [2.45, 2.75) is 11.8 Å². The van der Waals surface area contributed by atoms with E-state index in [9.17, 15) is 13.2 Å². The monoisotopic (exact) mass is 451 g/mol. The van der Waals surface area contributed by atoms with Gasteiger partial charge in [-0.1, -0.05) is 90.5 Å². The molecule has 1 heterocycles. The summed E-state index contributed by atoms with van der Waals surface area (Å²) in [6.45, 7) is 1.90. The number of hydrogen-bond donors (Lipinski definition) is 0. The molecule has 0 aromatic heterocycles. The zero-order valence-corrected chi connectivity index (χ0v) is 18.8. The lowest BCUT2D eigenvalue weighted by Gasteiger charge is -2.26. The number of benzene rings is 4. The number of allylic oxidation sites excluding steroid dienone is 1. The Kier molecular flexibility index (Phi) is 5.19. The molecule has 1 aliphatic rings. The van der Waals surface area contributed by atoms with E-state index >= 15 is 0 Å². The number of hydrogen-bond acceptors (Lipinski definition) is 3. The Morgan fingerprint density at radius 2 is 1.24 bits per heavy atom. The number of anilines is 1. The fourth-order valence-electron chi connectivity index (χ4n) is 4.06. The van der Waals surface area contributed by atoms with Crippen molar-refractivity contribution in [3.05, 3.63) is 126 Å². The highest BCUT2D eigenvalue weighted by molar-refractivity contribution is 7.93. The first-order valence-corrected chi connectivity index (χ1v) is 12.0. The highest BCUT2D eigenvalue weighted by atomic mass is 32.2. The van der Waals surface area contributed by atoms with Gasteiger partial charge in [-0.15, -0.1) is 0 Å². The van der Waals surface area contributed by atoms with Crippen LogP contribution in [0.1, 0.15) is 21.5 Å². The number of aryl methyl sites for hydroxylation is 1. The lowest BCUT2D eigenvalue weighted by molar-refractivity contribution is 0.103. The van der Waals surface area contributed by atoms with Gasteiger partial charge < -0.3 is 0 Å². The summed E-state index contributed by atoms with van der Waals surface area (Å²) in [5.74, 6) is -0.346. The van der Waals surface area contributed by atoms with E-state index in [1.165, 1.54) is 4.31 Å². The van der Waals surface area contributed by atoms with Crippen LogP contribution in [-0.4, -0.2) is 14.2 Å². The minimum Gasteiger partial charge on any atom is -0.287 e. The molecule has 0 saturated carbocycles. The smallest absolute Gasteiger partial charge is 0.268 e. The molecule has 162 valence electrons. The number of sulfonamides is 1. The topological polar surface area (TPSA) is 54.5 Å². The SMILES string of the molecule is Cc1ccc(S(=O)(=O)N2/C(=C\c3ccccc3)C(=O)c3ccccc3-c3ccccc32)cc1. The standard InChI is InChI=1S/C28H21NO3S/c1-20-15-17-22(18-16-20)33(31,32)29-26-14-8-7-12-24(26)23-11-5-6-13-25(23)28(30)27(29)19-21-9-3-2-4-10-21/h2-19H,1H3/b27-19-. The largest absolute Gasteiger partial charge is 0.287 e. The highest BCUT2D eigenvalue weighted by Crippen LogP contribution is 2.42. The molecule has 5 heteroatoms. The fourth-order valence-corrected chi connectivity index (χ4v) is 5.56. The average Bonchev–Trinajstić information content (AvgIpc) is 2.94. The van der Waals surface area contributed by atoms with Crippen molar-refractivity contribution in [3.63, 3.8) is 0 Å². The normalized spacial score (nSPS) is 14.5. The van der Waals surface area contributed by atoms with E-state index in [4.69, 9.17) is 0 Å². The molecule has 0 fully saturated rings. The first kappa shape index (κ1) is 20.9. The number of nitrogens with zero attached hydrogens (tertiary/aromatic N) is 1. The van der Waals surface area contributed by atoms with Gasteiger partial charge in [0.1, 0.15) is 5.70 Å². The predicted octanol–water partition coefficient (Wildman–Crippen LogP) is 6.09. The van der Waals surface area contributed by atoms with Gasteiger partial charge in [0, 0.05) is 11.1 Å². The molecular weight excluding hydrogens is 430 g/mol. The van der Waals surface area contributed by atoms with Crippen molar-refractivity contribution in [1.82, 2.24) is 0 Å². The molecule has 0 aliphatic carbocycles. The third-order valence-corrected chi connectivity index (χ3v) is 7.44. The van der Waals surface area contributed by atoms with Crippen LogP contribution in [0.3, 0.4) is 0 Å². The molecule has 0 spiro atoms. The highest BCUT2D eigenvalue weighted by Gasteiger charge is 2.37. The molecular formula is C28H21NO3S. The summed E-state index contributed by atoms with van der Waals surface area (Å²) in [4.78, 5) is 14.0. The Hall–Kier alpha value is -3.96. The van der Waals surface area contributed by atoms with Crippen LogP contribution in [0.4, 0.5) is 5.69 Å². The van der Waals surface area contributed by atoms with E-state index in [1.54, 1.807) is 54.6 Å². The van der Waals surface area contributed by atoms with Crippen molar-refractivity contribution >= 4 is 27.6 Å². The van der Waals surface area contributed by atoms with Crippen LogP contribution in [0.2, 0.25) is 0 Å². The molecule has 4 aromatic rings. The summed E-state index contributed by atoms with van der Waals surface area (Å²) in [5.41, 5.74) is 4.08. The van der Waals surface area contributed by atoms with Gasteiger partial charge in [-0.2, -0.15) is 0 Å².